The molecule has 0 saturated heterocycles. The lowest BCUT2D eigenvalue weighted by molar-refractivity contribution is 0.415. The van der Waals surface area contributed by atoms with Crippen molar-refractivity contribution >= 4 is 22.3 Å². The zero-order valence-electron chi connectivity index (χ0n) is 14.7. The van der Waals surface area contributed by atoms with Crippen molar-refractivity contribution in [1.82, 2.24) is 19.4 Å². The summed E-state index contributed by atoms with van der Waals surface area (Å²) >= 11 is 0. The minimum Gasteiger partial charge on any atom is -0.497 e. The van der Waals surface area contributed by atoms with E-state index in [1.807, 2.05) is 36.8 Å². The average Bonchev–Trinajstić information content (AvgIpc) is 3.32. The molecule has 0 bridgehead atoms. The van der Waals surface area contributed by atoms with Gasteiger partial charge in [-0.15, -0.1) is 0 Å². The number of allylic oxidation sites excluding steroid dienone is 2. The monoisotopic (exact) mass is 344 g/mol. The molecule has 5 nitrogen and oxygen atoms in total. The number of benzene rings is 1. The van der Waals surface area contributed by atoms with Crippen molar-refractivity contribution in [2.45, 2.75) is 25.7 Å². The number of ether oxygens (including phenoxy) is 1. The Morgan fingerprint density at radius 2 is 2.00 bits per heavy atom. The van der Waals surface area contributed by atoms with Gasteiger partial charge in [-0.2, -0.15) is 0 Å². The van der Waals surface area contributed by atoms with Crippen molar-refractivity contribution in [3.8, 4) is 17.0 Å². The lowest BCUT2D eigenvalue weighted by Crippen LogP contribution is -1.94. The summed E-state index contributed by atoms with van der Waals surface area (Å²) in [6.45, 7) is 0. The van der Waals surface area contributed by atoms with E-state index in [0.29, 0.717) is 0 Å². The molecule has 0 saturated carbocycles. The first-order valence-corrected chi connectivity index (χ1v) is 9.02. The van der Waals surface area contributed by atoms with E-state index in [-0.39, 0.29) is 0 Å². The van der Waals surface area contributed by atoms with Gasteiger partial charge in [0.05, 0.1) is 30.0 Å². The number of methoxy groups -OCH3 is 1. The number of nitrogens with one attached hydrogen (secondary N) is 1. The van der Waals surface area contributed by atoms with Crippen molar-refractivity contribution in [2.75, 3.05) is 7.11 Å². The fourth-order valence-electron chi connectivity index (χ4n) is 3.83. The van der Waals surface area contributed by atoms with Crippen LogP contribution in [0.3, 0.4) is 0 Å². The van der Waals surface area contributed by atoms with Crippen molar-refractivity contribution in [3.63, 3.8) is 0 Å². The quantitative estimate of drug-likeness (QED) is 0.578. The van der Waals surface area contributed by atoms with Gasteiger partial charge in [-0.25, -0.2) is 9.97 Å². The van der Waals surface area contributed by atoms with Crippen LogP contribution in [0.15, 0.2) is 49.1 Å². The van der Waals surface area contributed by atoms with Crippen LogP contribution in [0.5, 0.6) is 5.75 Å². The molecule has 0 unspecified atom stereocenters. The first-order chi connectivity index (χ1) is 12.8. The minimum atomic E-state index is 0.843. The first kappa shape index (κ1) is 15.2. The highest BCUT2D eigenvalue weighted by atomic mass is 16.5. The van der Waals surface area contributed by atoms with Gasteiger partial charge in [-0.3, -0.25) is 4.40 Å². The summed E-state index contributed by atoms with van der Waals surface area (Å²) in [6.07, 6.45) is 13.1. The Morgan fingerprint density at radius 1 is 1.12 bits per heavy atom. The Bertz CT molecular complexity index is 1120. The van der Waals surface area contributed by atoms with Crippen LogP contribution in [-0.2, 0) is 0 Å². The number of nitrogens with zero attached hydrogens (tertiary/aromatic N) is 3. The van der Waals surface area contributed by atoms with Gasteiger partial charge >= 0.3 is 0 Å². The Labute approximate surface area is 151 Å². The molecule has 0 atom stereocenters. The van der Waals surface area contributed by atoms with E-state index < -0.39 is 0 Å². The standard InChI is InChI=1S/C21H20N4O/c1-26-16-9-7-15(8-10-16)19-18-12-23-21-20(25(18)13-24-19)17(11-22-21)14-5-3-2-4-6-14/h5,7-13,22H,2-4,6H2,1H3. The molecule has 4 aromatic rings. The molecule has 130 valence electrons. The van der Waals surface area contributed by atoms with Crippen LogP contribution >= 0.6 is 0 Å². The van der Waals surface area contributed by atoms with Crippen molar-refractivity contribution < 1.29 is 4.74 Å². The summed E-state index contributed by atoms with van der Waals surface area (Å²) < 4.78 is 7.41. The lowest BCUT2D eigenvalue weighted by Gasteiger charge is -2.12. The van der Waals surface area contributed by atoms with Crippen LogP contribution in [-0.4, -0.2) is 26.5 Å². The van der Waals surface area contributed by atoms with E-state index in [0.717, 1.165) is 46.5 Å². The van der Waals surface area contributed by atoms with E-state index in [9.17, 15) is 0 Å². The van der Waals surface area contributed by atoms with Crippen molar-refractivity contribution in [2.24, 2.45) is 0 Å². The first-order valence-electron chi connectivity index (χ1n) is 9.02. The van der Waals surface area contributed by atoms with E-state index in [4.69, 9.17) is 4.74 Å². The highest BCUT2D eigenvalue weighted by molar-refractivity contribution is 5.92. The number of H-pyrrole nitrogens is 1. The molecule has 3 heterocycles. The summed E-state index contributed by atoms with van der Waals surface area (Å²) in [5, 5.41) is 0. The van der Waals surface area contributed by atoms with E-state index in [2.05, 4.69) is 31.6 Å². The highest BCUT2D eigenvalue weighted by Gasteiger charge is 2.17. The Balaban J connectivity index is 1.70. The van der Waals surface area contributed by atoms with Gasteiger partial charge in [0.2, 0.25) is 0 Å². The molecule has 3 aromatic heterocycles. The van der Waals surface area contributed by atoms with E-state index >= 15 is 0 Å². The number of imidazole rings is 1. The van der Waals surface area contributed by atoms with Gasteiger partial charge in [0.25, 0.3) is 0 Å². The maximum Gasteiger partial charge on any atom is 0.155 e. The van der Waals surface area contributed by atoms with Gasteiger partial charge in [0, 0.05) is 17.3 Å². The van der Waals surface area contributed by atoms with Crippen LogP contribution in [0, 0.1) is 0 Å². The molecule has 5 rings (SSSR count). The molecule has 1 N–H and O–H groups in total. The summed E-state index contributed by atoms with van der Waals surface area (Å²) in [7, 11) is 1.68. The fourth-order valence-corrected chi connectivity index (χ4v) is 3.83. The predicted molar refractivity (Wildman–Crippen MR) is 103 cm³/mol. The third-order valence-corrected chi connectivity index (χ3v) is 5.19. The van der Waals surface area contributed by atoms with Crippen LogP contribution in [0.4, 0.5) is 0 Å². The zero-order chi connectivity index (χ0) is 17.5. The fraction of sp³-hybridized carbons (Fsp3) is 0.238. The van der Waals surface area contributed by atoms with Gasteiger partial charge in [-0.1, -0.05) is 6.08 Å². The van der Waals surface area contributed by atoms with Gasteiger partial charge in [0.1, 0.15) is 12.1 Å². The molecule has 5 heteroatoms. The van der Waals surface area contributed by atoms with Crippen LogP contribution in [0.1, 0.15) is 31.2 Å². The molecule has 1 aliphatic rings. The average molecular weight is 344 g/mol. The smallest absolute Gasteiger partial charge is 0.155 e. The Hall–Kier alpha value is -3.08. The molecular formula is C21H20N4O. The Kier molecular flexibility index (Phi) is 3.52. The van der Waals surface area contributed by atoms with E-state index in [1.54, 1.807) is 7.11 Å². The van der Waals surface area contributed by atoms with Crippen LogP contribution < -0.4 is 4.74 Å². The third kappa shape index (κ3) is 2.31. The van der Waals surface area contributed by atoms with Crippen LogP contribution in [0.25, 0.3) is 33.5 Å². The highest BCUT2D eigenvalue weighted by Crippen LogP contribution is 2.33. The van der Waals surface area contributed by atoms with Gasteiger partial charge in [-0.05, 0) is 55.5 Å². The number of aromatic nitrogens is 4. The molecular weight excluding hydrogens is 324 g/mol. The predicted octanol–water partition coefficient (Wildman–Crippen LogP) is 4.84. The molecule has 0 aliphatic heterocycles. The zero-order valence-corrected chi connectivity index (χ0v) is 14.7. The molecule has 1 aliphatic carbocycles. The largest absolute Gasteiger partial charge is 0.497 e. The maximum atomic E-state index is 5.26. The van der Waals surface area contributed by atoms with Gasteiger partial charge in [0.15, 0.2) is 5.65 Å². The van der Waals surface area contributed by atoms with Gasteiger partial charge < -0.3 is 9.72 Å². The Morgan fingerprint density at radius 3 is 2.77 bits per heavy atom. The normalized spacial score (nSPS) is 14.7. The number of aromatic amines is 1. The molecule has 26 heavy (non-hydrogen) atoms. The SMILES string of the molecule is COc1ccc(-c2ncn3c2cnc2[nH]cc(C4=CCCCC4)c23)cc1. The second-order valence-electron chi connectivity index (χ2n) is 6.71. The summed E-state index contributed by atoms with van der Waals surface area (Å²) in [5.74, 6) is 0.843. The van der Waals surface area contributed by atoms with E-state index in [1.165, 1.54) is 24.0 Å². The molecule has 0 spiro atoms. The van der Waals surface area contributed by atoms with Crippen molar-refractivity contribution in [3.05, 3.63) is 54.6 Å². The topological polar surface area (TPSA) is 55.2 Å². The summed E-state index contributed by atoms with van der Waals surface area (Å²) in [4.78, 5) is 12.7. The summed E-state index contributed by atoms with van der Waals surface area (Å²) in [5.41, 5.74) is 7.68. The summed E-state index contributed by atoms with van der Waals surface area (Å²) in [6, 6.07) is 7.99. The number of hydrogen-bond donors (Lipinski definition) is 1. The van der Waals surface area contributed by atoms with Crippen molar-refractivity contribution in [1.29, 1.82) is 0 Å². The molecule has 0 fully saturated rings. The second kappa shape index (κ2) is 6.02. The maximum absolute atomic E-state index is 5.26. The lowest BCUT2D eigenvalue weighted by atomic mass is 9.95. The second-order valence-corrected chi connectivity index (χ2v) is 6.71. The number of fused-ring (bicyclic) bond motifs is 3. The molecule has 0 radical (unpaired) electrons. The minimum absolute atomic E-state index is 0.843. The number of hydrogen-bond acceptors (Lipinski definition) is 3. The third-order valence-electron chi connectivity index (χ3n) is 5.19. The number of rotatable bonds is 3. The molecule has 1 aromatic carbocycles. The van der Waals surface area contributed by atoms with Crippen LogP contribution in [0.2, 0.25) is 0 Å². The molecule has 0 amide bonds.